The third-order valence-electron chi connectivity index (χ3n) is 2.74. The van der Waals surface area contributed by atoms with E-state index in [1.165, 1.54) is 12.6 Å². The van der Waals surface area contributed by atoms with E-state index in [4.69, 9.17) is 5.11 Å². The molecule has 0 saturated carbocycles. The molecule has 0 atom stereocenters. The van der Waals surface area contributed by atoms with E-state index >= 15 is 0 Å². The van der Waals surface area contributed by atoms with Gasteiger partial charge in [0.25, 0.3) is 0 Å². The van der Waals surface area contributed by atoms with Crippen LogP contribution in [0.15, 0.2) is 24.3 Å². The summed E-state index contributed by atoms with van der Waals surface area (Å²) in [5.74, 6) is -1.03. The summed E-state index contributed by atoms with van der Waals surface area (Å²) in [5, 5.41) is 11.3. The zero-order valence-electron chi connectivity index (χ0n) is 11.3. The molecule has 0 fully saturated rings. The minimum absolute atomic E-state index is 0.319. The van der Waals surface area contributed by atoms with Gasteiger partial charge in [0.2, 0.25) is 0 Å². The van der Waals surface area contributed by atoms with E-state index in [-0.39, 0.29) is 6.54 Å². The van der Waals surface area contributed by atoms with Crippen molar-refractivity contribution in [3.8, 4) is 0 Å². The Balaban J connectivity index is 2.52. The number of carbonyl (C=O) groups excluding carboxylic acids is 1. The highest BCUT2D eigenvalue weighted by molar-refractivity contribution is 5.91. The molecule has 0 aliphatic rings. The van der Waals surface area contributed by atoms with Gasteiger partial charge in [0.1, 0.15) is 6.54 Å². The van der Waals surface area contributed by atoms with Gasteiger partial charge in [-0.3, -0.25) is 4.79 Å². The molecule has 1 aromatic carbocycles. The van der Waals surface area contributed by atoms with Crippen LogP contribution in [0, 0.1) is 0 Å². The largest absolute Gasteiger partial charge is 0.480 e. The number of nitrogens with one attached hydrogen (secondary N) is 1. The molecule has 0 aromatic heterocycles. The number of urea groups is 1. The Bertz CT molecular complexity index is 429. The van der Waals surface area contributed by atoms with E-state index in [0.29, 0.717) is 5.69 Å². The summed E-state index contributed by atoms with van der Waals surface area (Å²) in [4.78, 5) is 23.3. The first-order chi connectivity index (χ1) is 9.02. The number of carboxylic acids is 1. The first-order valence-corrected chi connectivity index (χ1v) is 6.35. The molecule has 0 aliphatic heterocycles. The van der Waals surface area contributed by atoms with Gasteiger partial charge in [0.15, 0.2) is 0 Å². The molecule has 19 heavy (non-hydrogen) atoms. The summed E-state index contributed by atoms with van der Waals surface area (Å²) >= 11 is 0. The van der Waals surface area contributed by atoms with Crippen molar-refractivity contribution in [2.45, 2.75) is 26.2 Å². The summed E-state index contributed by atoms with van der Waals surface area (Å²) in [6.07, 6.45) is 3.33. The van der Waals surface area contributed by atoms with Gasteiger partial charge in [-0.15, -0.1) is 0 Å². The van der Waals surface area contributed by atoms with E-state index in [1.54, 1.807) is 0 Å². The average molecular weight is 264 g/mol. The second-order valence-corrected chi connectivity index (χ2v) is 4.48. The van der Waals surface area contributed by atoms with Crippen molar-refractivity contribution in [1.29, 1.82) is 0 Å². The molecule has 0 heterocycles. The van der Waals surface area contributed by atoms with Crippen LogP contribution < -0.4 is 5.32 Å². The van der Waals surface area contributed by atoms with Crippen LogP contribution >= 0.6 is 0 Å². The van der Waals surface area contributed by atoms with Gasteiger partial charge in [-0.2, -0.15) is 0 Å². The van der Waals surface area contributed by atoms with Gasteiger partial charge in [0.05, 0.1) is 0 Å². The molecule has 0 bridgehead atoms. The molecule has 0 radical (unpaired) electrons. The van der Waals surface area contributed by atoms with E-state index < -0.39 is 12.0 Å². The number of nitrogens with zero attached hydrogens (tertiary/aromatic N) is 1. The predicted octanol–water partition coefficient (Wildman–Crippen LogP) is 2.58. The number of amides is 2. The number of benzene rings is 1. The normalized spacial score (nSPS) is 10.0. The number of carbonyl (C=O) groups is 2. The van der Waals surface area contributed by atoms with E-state index in [1.807, 2.05) is 24.3 Å². The number of rotatable bonds is 6. The molecule has 0 aliphatic carbocycles. The Hall–Kier alpha value is -2.04. The number of likely N-dealkylation sites (N-methyl/N-ethyl adjacent to an activating group) is 1. The number of anilines is 1. The fourth-order valence-electron chi connectivity index (χ4n) is 1.63. The number of aliphatic carboxylic acids is 1. The summed E-state index contributed by atoms with van der Waals surface area (Å²) in [5.41, 5.74) is 1.90. The maximum atomic E-state index is 11.7. The number of unbranched alkanes of at least 4 members (excludes halogenated alkanes) is 1. The van der Waals surface area contributed by atoms with Crippen molar-refractivity contribution >= 4 is 17.7 Å². The van der Waals surface area contributed by atoms with Crippen LogP contribution in [0.5, 0.6) is 0 Å². The molecule has 104 valence electrons. The second kappa shape index (κ2) is 7.41. The van der Waals surface area contributed by atoms with Gasteiger partial charge in [-0.25, -0.2) is 4.79 Å². The highest BCUT2D eigenvalue weighted by Gasteiger charge is 2.11. The maximum Gasteiger partial charge on any atom is 0.323 e. The van der Waals surface area contributed by atoms with E-state index in [0.717, 1.165) is 24.2 Å². The highest BCUT2D eigenvalue weighted by Crippen LogP contribution is 2.12. The minimum Gasteiger partial charge on any atom is -0.480 e. The van der Waals surface area contributed by atoms with Gasteiger partial charge >= 0.3 is 12.0 Å². The zero-order chi connectivity index (χ0) is 14.3. The highest BCUT2D eigenvalue weighted by atomic mass is 16.4. The monoisotopic (exact) mass is 264 g/mol. The number of hydrogen-bond donors (Lipinski definition) is 2. The van der Waals surface area contributed by atoms with Crippen LogP contribution in [-0.2, 0) is 11.2 Å². The first-order valence-electron chi connectivity index (χ1n) is 6.35. The van der Waals surface area contributed by atoms with Crippen molar-refractivity contribution in [3.63, 3.8) is 0 Å². The van der Waals surface area contributed by atoms with Crippen molar-refractivity contribution in [2.75, 3.05) is 18.9 Å². The summed E-state index contributed by atoms with van der Waals surface area (Å²) in [6.45, 7) is 1.83. The van der Waals surface area contributed by atoms with E-state index in [9.17, 15) is 9.59 Å². The molecular weight excluding hydrogens is 244 g/mol. The van der Waals surface area contributed by atoms with Crippen LogP contribution in [0.4, 0.5) is 10.5 Å². The standard InChI is InChI=1S/C14H20N2O3/c1-3-4-5-11-6-8-12(9-7-11)15-14(19)16(2)10-13(17)18/h6-9H,3-5,10H2,1-2H3,(H,15,19)(H,17,18). The molecule has 5 nitrogen and oxygen atoms in total. The predicted molar refractivity (Wildman–Crippen MR) is 74.3 cm³/mol. The molecule has 5 heteroatoms. The van der Waals surface area contributed by atoms with Crippen LogP contribution in [0.2, 0.25) is 0 Å². The molecule has 1 aromatic rings. The first kappa shape index (κ1) is 15.0. The van der Waals surface area contributed by atoms with E-state index in [2.05, 4.69) is 12.2 Å². The average Bonchev–Trinajstić information content (AvgIpc) is 2.37. The topological polar surface area (TPSA) is 69.6 Å². The SMILES string of the molecule is CCCCc1ccc(NC(=O)N(C)CC(=O)O)cc1. The molecular formula is C14H20N2O3. The Labute approximate surface area is 113 Å². The van der Waals surface area contributed by atoms with Crippen LogP contribution in [0.25, 0.3) is 0 Å². The summed E-state index contributed by atoms with van der Waals surface area (Å²) < 4.78 is 0. The molecule has 2 N–H and O–H groups in total. The Morgan fingerprint density at radius 1 is 1.26 bits per heavy atom. The molecule has 0 unspecified atom stereocenters. The quantitative estimate of drug-likeness (QED) is 0.829. The lowest BCUT2D eigenvalue weighted by atomic mass is 10.1. The van der Waals surface area contributed by atoms with Gasteiger partial charge in [-0.05, 0) is 30.5 Å². The smallest absolute Gasteiger partial charge is 0.323 e. The summed E-state index contributed by atoms with van der Waals surface area (Å²) in [7, 11) is 1.44. The van der Waals surface area contributed by atoms with Gasteiger partial charge in [0, 0.05) is 12.7 Å². The lowest BCUT2D eigenvalue weighted by Gasteiger charge is -2.15. The van der Waals surface area contributed by atoms with Gasteiger partial charge < -0.3 is 15.3 Å². The molecule has 1 rings (SSSR count). The van der Waals surface area contributed by atoms with Gasteiger partial charge in [-0.1, -0.05) is 25.5 Å². The van der Waals surface area contributed by atoms with Crippen LogP contribution in [-0.4, -0.2) is 35.6 Å². The van der Waals surface area contributed by atoms with Crippen molar-refractivity contribution in [3.05, 3.63) is 29.8 Å². The van der Waals surface area contributed by atoms with Crippen molar-refractivity contribution in [2.24, 2.45) is 0 Å². The summed E-state index contributed by atoms with van der Waals surface area (Å²) in [6, 6.07) is 7.18. The van der Waals surface area contributed by atoms with Crippen molar-refractivity contribution < 1.29 is 14.7 Å². The molecule has 0 spiro atoms. The van der Waals surface area contributed by atoms with Crippen LogP contribution in [0.1, 0.15) is 25.3 Å². The fourth-order valence-corrected chi connectivity index (χ4v) is 1.63. The third kappa shape index (κ3) is 5.42. The molecule has 0 saturated heterocycles. The maximum absolute atomic E-state index is 11.7. The number of aryl methyl sites for hydroxylation is 1. The second-order valence-electron chi connectivity index (χ2n) is 4.48. The zero-order valence-corrected chi connectivity index (χ0v) is 11.3. The fraction of sp³-hybridized carbons (Fsp3) is 0.429. The Morgan fingerprint density at radius 3 is 2.42 bits per heavy atom. The third-order valence-corrected chi connectivity index (χ3v) is 2.74. The Kier molecular flexibility index (Phi) is 5.85. The minimum atomic E-state index is -1.03. The lowest BCUT2D eigenvalue weighted by molar-refractivity contribution is -0.137. The number of hydrogen-bond acceptors (Lipinski definition) is 2. The van der Waals surface area contributed by atoms with Crippen molar-refractivity contribution in [1.82, 2.24) is 4.90 Å². The number of carboxylic acid groups (broad SMARTS) is 1. The molecule has 2 amide bonds. The van der Waals surface area contributed by atoms with Crippen LogP contribution in [0.3, 0.4) is 0 Å². The lowest BCUT2D eigenvalue weighted by Crippen LogP contribution is -2.35. The Morgan fingerprint density at radius 2 is 1.89 bits per heavy atom.